The van der Waals surface area contributed by atoms with Crippen LogP contribution in [0.1, 0.15) is 0 Å². The maximum Gasteiger partial charge on any atom is 0.321 e. The molecule has 0 saturated carbocycles. The summed E-state index contributed by atoms with van der Waals surface area (Å²) in [4.78, 5) is 22.7. The van der Waals surface area contributed by atoms with E-state index in [-0.39, 0.29) is 23.9 Å². The van der Waals surface area contributed by atoms with Gasteiger partial charge < -0.3 is 185 Å². The summed E-state index contributed by atoms with van der Waals surface area (Å²) >= 11 is 1.70. The molecule has 7 rings (SSSR count). The molecule has 89 heavy (non-hydrogen) atoms. The largest absolute Gasteiger partial charge is 0.480 e. The second kappa shape index (κ2) is 33.3. The van der Waals surface area contributed by atoms with Gasteiger partial charge in [0.1, 0.15) is 171 Å². The molecule has 7 saturated heterocycles. The minimum absolute atomic E-state index is 0.155. The van der Waals surface area contributed by atoms with Crippen LogP contribution >= 0.6 is 23.5 Å². The van der Waals surface area contributed by atoms with Gasteiger partial charge in [-0.25, -0.2) is 0 Å². The predicted molar refractivity (Wildman–Crippen MR) is 282 cm³/mol. The first-order valence-electron chi connectivity index (χ1n) is 28.0. The molecule has 518 valence electrons. The minimum atomic E-state index is -2.26. The Kier molecular flexibility index (Phi) is 27.9. The van der Waals surface area contributed by atoms with E-state index < -0.39 is 271 Å². The fraction of sp³-hybridized carbons (Fsp3) is 0.958. The molecule has 7 fully saturated rings. The van der Waals surface area contributed by atoms with Gasteiger partial charge in [0.05, 0.1) is 51.8 Å². The Morgan fingerprint density at radius 1 is 0.348 bits per heavy atom. The number of carboxylic acid groups (broad SMARTS) is 2. The highest BCUT2D eigenvalue weighted by Crippen LogP contribution is 2.38. The highest BCUT2D eigenvalue weighted by molar-refractivity contribution is 7.99. The molecular formula is C48H82N2O37S2. The van der Waals surface area contributed by atoms with Gasteiger partial charge in [-0.3, -0.25) is 9.59 Å². The molecule has 0 aromatic carbocycles. The van der Waals surface area contributed by atoms with Crippen molar-refractivity contribution in [1.29, 1.82) is 0 Å². The van der Waals surface area contributed by atoms with E-state index in [1.807, 2.05) is 0 Å². The van der Waals surface area contributed by atoms with E-state index in [4.69, 9.17) is 78.2 Å². The second-order valence-electron chi connectivity index (χ2n) is 22.0. The van der Waals surface area contributed by atoms with Crippen LogP contribution in [0, 0.1) is 0 Å². The molecule has 0 bridgehead atoms. The third-order valence-corrected chi connectivity index (χ3v) is 18.2. The average Bonchev–Trinajstić information content (AvgIpc) is 3.65. The predicted octanol–water partition coefficient (Wildman–Crippen LogP) is -15.3. The molecule has 36 atom stereocenters. The van der Waals surface area contributed by atoms with Crippen molar-refractivity contribution in [2.45, 2.75) is 221 Å². The quantitative estimate of drug-likeness (QED) is 0.0363. The molecule has 26 N–H and O–H groups in total. The van der Waals surface area contributed by atoms with Gasteiger partial charge in [-0.05, 0) is 0 Å². The zero-order valence-corrected chi connectivity index (χ0v) is 48.4. The lowest BCUT2D eigenvalue weighted by molar-refractivity contribution is -0.395. The maximum absolute atomic E-state index is 11.7. The fourth-order valence-electron chi connectivity index (χ4n) is 10.7. The first-order chi connectivity index (χ1) is 42.1. The maximum atomic E-state index is 11.7. The summed E-state index contributed by atoms with van der Waals surface area (Å²) in [6.07, 6.45) is -64.6. The van der Waals surface area contributed by atoms with Gasteiger partial charge in [0.15, 0.2) is 37.7 Å². The first kappa shape index (κ1) is 74.6. The van der Waals surface area contributed by atoms with Crippen LogP contribution in [0.15, 0.2) is 0 Å². The number of hydrogen-bond donors (Lipinski definition) is 24. The third-order valence-electron chi connectivity index (χ3n) is 15.9. The SMILES string of the molecule is N[C@H](CSCC1O[C@@H](O[C@@H]2C(CO)O[C@H](O[C@@H]3C(CO)O[C@H](O[C@@H]4C(CO)OCC(O)[C@H]4O)[C@@H](O)C3O)[C@@H](O)C2O)[C@@H](O)C(O)[C@@H]1O[C@@H]1OC(CO)[C@@H](O[C@@H]2OC(CO)[C@@H](O[C@H]3OC(CSC[C@@H](N)C(=O)O)[C@@H](O)[C@H](O)C3O)C(O)[C@@H]2O)C(O)[C@@H]1O)C(=O)O. The molecule has 0 spiro atoms. The van der Waals surface area contributed by atoms with Crippen LogP contribution in [0.5, 0.6) is 0 Å². The minimum Gasteiger partial charge on any atom is -0.480 e. The van der Waals surface area contributed by atoms with Gasteiger partial charge in [0, 0.05) is 23.0 Å². The molecule has 39 nitrogen and oxygen atoms in total. The second-order valence-corrected chi connectivity index (χ2v) is 24.2. The van der Waals surface area contributed by atoms with E-state index in [9.17, 15) is 117 Å². The highest BCUT2D eigenvalue weighted by Gasteiger charge is 2.58. The van der Waals surface area contributed by atoms with Gasteiger partial charge >= 0.3 is 11.9 Å². The summed E-state index contributed by atoms with van der Waals surface area (Å²) < 4.78 is 74.1. The summed E-state index contributed by atoms with van der Waals surface area (Å²) in [7, 11) is 0. The molecule has 7 heterocycles. The van der Waals surface area contributed by atoms with Crippen molar-refractivity contribution in [3.8, 4) is 0 Å². The number of aliphatic hydroxyl groups is 20. The first-order valence-corrected chi connectivity index (χ1v) is 30.3. The summed E-state index contributed by atoms with van der Waals surface area (Å²) in [6.45, 7) is -5.25. The Balaban J connectivity index is 0.993. The topological polar surface area (TPSA) is 651 Å². The van der Waals surface area contributed by atoms with Gasteiger partial charge in [0.25, 0.3) is 0 Å². The number of carboxylic acids is 2. The molecule has 0 amide bonds. The van der Waals surface area contributed by atoms with Crippen LogP contribution in [0.25, 0.3) is 0 Å². The standard InChI is InChI=1S/C48H82N2O37S2/c49-11(41(71)72)7-88-9-19-22(58)23(59)29(65)43(80-19)83-36-15(2-52)77-45(31(67)25(36)61)85-38-17(4-54)79-47(33(69)27(38)63)87-40-20(10-89-8-12(50)42(73)74)81-48(34(70)28(40)64)86-39-18(5-55)78-46(32(68)26(39)62)84-37-16(3-53)76-44(30(66)24(37)60)82-35-14(1-51)75-6-13(56)21(35)57/h11-40,43-48,51-70H,1-10,49-50H2,(H,71,72)(H,73,74)/t11-,12-,13?,14?,15?,16?,17?,18?,19?,20?,21-,22-,23+,24?,25?,26?,27?,28?,29?,30+,31+,32+,33+,34+,35-,36-,37-,38-,39-,40-,43-,44-,45+,46-,47+,48+/m1/s1. The molecule has 0 radical (unpaired) electrons. The average molecular weight is 1340 g/mol. The zero-order valence-electron chi connectivity index (χ0n) is 46.8. The van der Waals surface area contributed by atoms with Crippen molar-refractivity contribution in [2.24, 2.45) is 11.5 Å². The van der Waals surface area contributed by atoms with E-state index in [2.05, 4.69) is 0 Å². The summed E-state index contributed by atoms with van der Waals surface area (Å²) in [5, 5.41) is 236. The van der Waals surface area contributed by atoms with Crippen LogP contribution in [-0.2, 0) is 71.2 Å². The van der Waals surface area contributed by atoms with Crippen molar-refractivity contribution in [2.75, 3.05) is 62.7 Å². The number of rotatable bonds is 27. The number of aliphatic carboxylic acids is 2. The number of hydrogen-bond acceptors (Lipinski definition) is 39. The normalized spacial score (nSPS) is 48.2. The lowest BCUT2D eigenvalue weighted by Gasteiger charge is -2.50. The van der Waals surface area contributed by atoms with Crippen molar-refractivity contribution in [1.82, 2.24) is 0 Å². The van der Waals surface area contributed by atoms with Crippen LogP contribution < -0.4 is 11.5 Å². The van der Waals surface area contributed by atoms with Crippen LogP contribution in [0.3, 0.4) is 0 Å². The Hall–Kier alpha value is -1.76. The van der Waals surface area contributed by atoms with E-state index in [0.717, 1.165) is 23.5 Å². The number of ether oxygens (including phenoxy) is 13. The Bertz CT molecular complexity index is 2180. The number of nitrogens with two attached hydrogens (primary N) is 2. The van der Waals surface area contributed by atoms with Gasteiger partial charge in [-0.2, -0.15) is 23.5 Å². The third kappa shape index (κ3) is 17.1. The van der Waals surface area contributed by atoms with E-state index in [1.165, 1.54) is 0 Å². The molecular weight excluding hydrogens is 1260 g/mol. The lowest BCUT2D eigenvalue weighted by atomic mass is 9.95. The van der Waals surface area contributed by atoms with Gasteiger partial charge in [0.2, 0.25) is 0 Å². The highest BCUT2D eigenvalue weighted by atomic mass is 32.2. The summed E-state index contributed by atoms with van der Waals surface area (Å²) in [6, 6.07) is -2.78. The van der Waals surface area contributed by atoms with Crippen LogP contribution in [-0.4, -0.2) is 408 Å². The lowest BCUT2D eigenvalue weighted by Crippen LogP contribution is -2.68. The monoisotopic (exact) mass is 1340 g/mol. The molecule has 0 aromatic heterocycles. The number of aliphatic hydroxyl groups excluding tert-OH is 20. The van der Waals surface area contributed by atoms with Crippen molar-refractivity contribution < 1.29 is 184 Å². The van der Waals surface area contributed by atoms with E-state index in [0.29, 0.717) is 0 Å². The Labute approximate surface area is 512 Å². The van der Waals surface area contributed by atoms with Crippen molar-refractivity contribution >= 4 is 35.5 Å². The molecule has 0 aliphatic carbocycles. The van der Waals surface area contributed by atoms with Gasteiger partial charge in [-0.15, -0.1) is 0 Å². The molecule has 0 aromatic rings. The summed E-state index contributed by atoms with van der Waals surface area (Å²) in [5.41, 5.74) is 11.2. The van der Waals surface area contributed by atoms with Crippen LogP contribution in [0.4, 0.5) is 0 Å². The van der Waals surface area contributed by atoms with Gasteiger partial charge in [-0.1, -0.05) is 0 Å². The molecule has 14 unspecified atom stereocenters. The summed E-state index contributed by atoms with van der Waals surface area (Å²) in [5.74, 6) is -3.81. The molecule has 7 aliphatic rings. The van der Waals surface area contributed by atoms with E-state index >= 15 is 0 Å². The van der Waals surface area contributed by atoms with E-state index in [1.54, 1.807) is 0 Å². The van der Waals surface area contributed by atoms with Crippen molar-refractivity contribution in [3.63, 3.8) is 0 Å². The Morgan fingerprint density at radius 3 is 0.888 bits per heavy atom. The fourth-order valence-corrected chi connectivity index (χ4v) is 12.8. The number of thioether (sulfide) groups is 2. The van der Waals surface area contributed by atoms with Crippen LogP contribution in [0.2, 0.25) is 0 Å². The van der Waals surface area contributed by atoms with Crippen molar-refractivity contribution in [3.05, 3.63) is 0 Å². The molecule has 41 heteroatoms. The zero-order chi connectivity index (χ0) is 65.6. The Morgan fingerprint density at radius 2 is 0.596 bits per heavy atom. The smallest absolute Gasteiger partial charge is 0.321 e. The molecule has 7 aliphatic heterocycles. The number of carbonyl (C=O) groups is 2.